The monoisotopic (exact) mass is 283 g/mol. The molecule has 110 valence electrons. The lowest BCUT2D eigenvalue weighted by molar-refractivity contribution is 0.608. The Bertz CT molecular complexity index is 653. The zero-order valence-corrected chi connectivity index (χ0v) is 12.5. The Morgan fingerprint density at radius 3 is 2.57 bits per heavy atom. The predicted octanol–water partition coefficient (Wildman–Crippen LogP) is 2.35. The molecule has 1 atom stereocenters. The zero-order chi connectivity index (χ0) is 14.8. The van der Waals surface area contributed by atoms with Crippen LogP contribution in [0.3, 0.4) is 0 Å². The number of anilines is 2. The van der Waals surface area contributed by atoms with E-state index >= 15 is 0 Å². The SMILES string of the molecule is Cc1nc(NN)c(C)c(NC2CCc3ccccc3C2)n1. The van der Waals surface area contributed by atoms with Crippen LogP contribution in [0.1, 0.15) is 28.9 Å². The molecule has 4 N–H and O–H groups in total. The lowest BCUT2D eigenvalue weighted by Gasteiger charge is -2.26. The molecule has 1 aromatic heterocycles. The van der Waals surface area contributed by atoms with E-state index < -0.39 is 0 Å². The van der Waals surface area contributed by atoms with Crippen LogP contribution < -0.4 is 16.6 Å². The van der Waals surface area contributed by atoms with E-state index in [2.05, 4.69) is 45.0 Å². The van der Waals surface area contributed by atoms with Crippen LogP contribution >= 0.6 is 0 Å². The number of hydrogen-bond acceptors (Lipinski definition) is 5. The van der Waals surface area contributed by atoms with E-state index in [4.69, 9.17) is 5.84 Å². The minimum atomic E-state index is 0.401. The van der Waals surface area contributed by atoms with Gasteiger partial charge in [0.15, 0.2) is 0 Å². The second kappa shape index (κ2) is 5.69. The van der Waals surface area contributed by atoms with Crippen LogP contribution in [0.4, 0.5) is 11.6 Å². The molecule has 21 heavy (non-hydrogen) atoms. The molecule has 1 aliphatic carbocycles. The second-order valence-electron chi connectivity index (χ2n) is 5.59. The fourth-order valence-electron chi connectivity index (χ4n) is 2.92. The van der Waals surface area contributed by atoms with Gasteiger partial charge in [0, 0.05) is 11.6 Å². The van der Waals surface area contributed by atoms with E-state index in [1.807, 2.05) is 13.8 Å². The number of fused-ring (bicyclic) bond motifs is 1. The number of aryl methyl sites for hydroxylation is 2. The molecule has 5 nitrogen and oxygen atoms in total. The first-order valence-corrected chi connectivity index (χ1v) is 7.32. The molecule has 0 spiro atoms. The predicted molar refractivity (Wildman–Crippen MR) is 85.2 cm³/mol. The summed E-state index contributed by atoms with van der Waals surface area (Å²) in [7, 11) is 0. The average Bonchev–Trinajstić information content (AvgIpc) is 2.50. The van der Waals surface area contributed by atoms with Crippen molar-refractivity contribution >= 4 is 11.6 Å². The summed E-state index contributed by atoms with van der Waals surface area (Å²) in [6.45, 7) is 3.86. The molecule has 1 aromatic carbocycles. The van der Waals surface area contributed by atoms with Gasteiger partial charge in [-0.05, 0) is 44.2 Å². The van der Waals surface area contributed by atoms with Crippen LogP contribution in [-0.4, -0.2) is 16.0 Å². The number of benzene rings is 1. The lowest BCUT2D eigenvalue weighted by Crippen LogP contribution is -2.28. The number of hydrogen-bond donors (Lipinski definition) is 3. The van der Waals surface area contributed by atoms with E-state index in [0.717, 1.165) is 30.6 Å². The Labute approximate surface area is 125 Å². The molecule has 3 rings (SSSR count). The van der Waals surface area contributed by atoms with Crippen molar-refractivity contribution in [2.24, 2.45) is 5.84 Å². The molecular weight excluding hydrogens is 262 g/mol. The van der Waals surface area contributed by atoms with Gasteiger partial charge in [-0.3, -0.25) is 0 Å². The Balaban J connectivity index is 1.81. The topological polar surface area (TPSA) is 75.9 Å². The molecule has 1 aliphatic rings. The molecule has 0 saturated carbocycles. The van der Waals surface area contributed by atoms with Crippen LogP contribution in [0.15, 0.2) is 24.3 Å². The first-order valence-electron chi connectivity index (χ1n) is 7.32. The van der Waals surface area contributed by atoms with Gasteiger partial charge in [-0.15, -0.1) is 0 Å². The standard InChI is InChI=1S/C16H21N5/c1-10-15(18-11(2)19-16(10)21-17)20-14-8-7-12-5-3-4-6-13(12)9-14/h3-6,14H,7-9,17H2,1-2H3,(H2,18,19,20,21). The molecule has 2 aromatic rings. The van der Waals surface area contributed by atoms with Crippen molar-refractivity contribution in [1.29, 1.82) is 0 Å². The highest BCUT2D eigenvalue weighted by atomic mass is 15.3. The van der Waals surface area contributed by atoms with Gasteiger partial charge in [-0.1, -0.05) is 24.3 Å². The largest absolute Gasteiger partial charge is 0.367 e. The van der Waals surface area contributed by atoms with Gasteiger partial charge in [0.2, 0.25) is 0 Å². The maximum absolute atomic E-state index is 5.52. The molecular formula is C16H21N5. The highest BCUT2D eigenvalue weighted by Crippen LogP contribution is 2.25. The van der Waals surface area contributed by atoms with E-state index in [9.17, 15) is 0 Å². The van der Waals surface area contributed by atoms with Gasteiger partial charge >= 0.3 is 0 Å². The van der Waals surface area contributed by atoms with Gasteiger partial charge in [0.1, 0.15) is 17.5 Å². The Morgan fingerprint density at radius 1 is 1.10 bits per heavy atom. The van der Waals surface area contributed by atoms with Gasteiger partial charge in [0.05, 0.1) is 0 Å². The quantitative estimate of drug-likeness (QED) is 0.595. The zero-order valence-electron chi connectivity index (χ0n) is 12.5. The van der Waals surface area contributed by atoms with E-state index in [0.29, 0.717) is 17.7 Å². The number of rotatable bonds is 3. The van der Waals surface area contributed by atoms with Crippen molar-refractivity contribution in [3.8, 4) is 0 Å². The minimum absolute atomic E-state index is 0.401. The van der Waals surface area contributed by atoms with Crippen LogP contribution in [0.2, 0.25) is 0 Å². The summed E-state index contributed by atoms with van der Waals surface area (Å²) < 4.78 is 0. The highest BCUT2D eigenvalue weighted by molar-refractivity contribution is 5.57. The van der Waals surface area contributed by atoms with Crippen molar-refractivity contribution in [2.45, 2.75) is 39.2 Å². The maximum Gasteiger partial charge on any atom is 0.148 e. The molecule has 0 aliphatic heterocycles. The third-order valence-corrected chi connectivity index (χ3v) is 4.08. The smallest absolute Gasteiger partial charge is 0.148 e. The first kappa shape index (κ1) is 13.8. The molecule has 0 amide bonds. The van der Waals surface area contributed by atoms with Crippen LogP contribution in [0.25, 0.3) is 0 Å². The normalized spacial score (nSPS) is 17.2. The number of nitrogen functional groups attached to an aromatic ring is 1. The second-order valence-corrected chi connectivity index (χ2v) is 5.59. The minimum Gasteiger partial charge on any atom is -0.367 e. The van der Waals surface area contributed by atoms with Crippen LogP contribution in [0.5, 0.6) is 0 Å². The molecule has 5 heteroatoms. The molecule has 1 unspecified atom stereocenters. The third-order valence-electron chi connectivity index (χ3n) is 4.08. The van der Waals surface area contributed by atoms with Crippen molar-refractivity contribution < 1.29 is 0 Å². The molecule has 1 heterocycles. The van der Waals surface area contributed by atoms with Crippen LogP contribution in [-0.2, 0) is 12.8 Å². The molecule has 0 radical (unpaired) electrons. The van der Waals surface area contributed by atoms with Crippen molar-refractivity contribution in [2.75, 3.05) is 10.7 Å². The molecule has 0 bridgehead atoms. The van der Waals surface area contributed by atoms with Gasteiger partial charge in [-0.2, -0.15) is 0 Å². The summed E-state index contributed by atoms with van der Waals surface area (Å²) in [5.74, 6) is 7.79. The maximum atomic E-state index is 5.52. The number of nitrogens with zero attached hydrogens (tertiary/aromatic N) is 2. The summed E-state index contributed by atoms with van der Waals surface area (Å²) in [6.07, 6.45) is 3.26. The highest BCUT2D eigenvalue weighted by Gasteiger charge is 2.19. The van der Waals surface area contributed by atoms with Crippen molar-refractivity contribution in [3.63, 3.8) is 0 Å². The number of aromatic nitrogens is 2. The number of nitrogens with one attached hydrogen (secondary N) is 2. The Morgan fingerprint density at radius 2 is 1.81 bits per heavy atom. The summed E-state index contributed by atoms with van der Waals surface area (Å²) >= 11 is 0. The van der Waals surface area contributed by atoms with Gasteiger partial charge in [0.25, 0.3) is 0 Å². The summed E-state index contributed by atoms with van der Waals surface area (Å²) in [5, 5.41) is 3.56. The van der Waals surface area contributed by atoms with Crippen molar-refractivity contribution in [3.05, 3.63) is 46.8 Å². The molecule has 0 saturated heterocycles. The van der Waals surface area contributed by atoms with Crippen molar-refractivity contribution in [1.82, 2.24) is 9.97 Å². The number of hydrazine groups is 1. The number of nitrogens with two attached hydrogens (primary N) is 1. The fourth-order valence-corrected chi connectivity index (χ4v) is 2.92. The third kappa shape index (κ3) is 2.83. The Hall–Kier alpha value is -2.14. The Kier molecular flexibility index (Phi) is 3.75. The summed E-state index contributed by atoms with van der Waals surface area (Å²) in [5.41, 5.74) is 6.50. The van der Waals surface area contributed by atoms with E-state index in [1.165, 1.54) is 11.1 Å². The average molecular weight is 283 g/mol. The van der Waals surface area contributed by atoms with Gasteiger partial charge in [-0.25, -0.2) is 15.8 Å². The van der Waals surface area contributed by atoms with E-state index in [1.54, 1.807) is 0 Å². The lowest BCUT2D eigenvalue weighted by atomic mass is 9.88. The summed E-state index contributed by atoms with van der Waals surface area (Å²) in [6, 6.07) is 9.07. The first-order chi connectivity index (χ1) is 10.2. The summed E-state index contributed by atoms with van der Waals surface area (Å²) in [4.78, 5) is 8.81. The van der Waals surface area contributed by atoms with Crippen LogP contribution in [0, 0.1) is 13.8 Å². The molecule has 0 fully saturated rings. The fraction of sp³-hybridized carbons (Fsp3) is 0.375. The van der Waals surface area contributed by atoms with E-state index in [-0.39, 0.29) is 0 Å². The van der Waals surface area contributed by atoms with Gasteiger partial charge < -0.3 is 10.7 Å².